The van der Waals surface area contributed by atoms with E-state index in [1.165, 1.54) is 16.3 Å². The monoisotopic (exact) mass is 200 g/mol. The lowest BCUT2D eigenvalue weighted by molar-refractivity contribution is 0.283. The number of fused-ring (bicyclic) bond motifs is 1. The molecule has 1 N–H and O–H groups in total. The molecular weight excluding hydrogens is 184 g/mol. The van der Waals surface area contributed by atoms with Crippen molar-refractivity contribution < 1.29 is 5.11 Å². The second kappa shape index (κ2) is 4.45. The van der Waals surface area contributed by atoms with Crippen molar-refractivity contribution in [2.45, 2.75) is 26.4 Å². The molecule has 2 aromatic carbocycles. The number of benzene rings is 2. The highest BCUT2D eigenvalue weighted by molar-refractivity contribution is 5.88. The van der Waals surface area contributed by atoms with Crippen molar-refractivity contribution >= 4 is 10.8 Å². The predicted molar refractivity (Wildman–Crippen MR) is 63.9 cm³/mol. The average molecular weight is 200 g/mol. The van der Waals surface area contributed by atoms with Crippen molar-refractivity contribution in [3.05, 3.63) is 47.5 Å². The molecule has 0 heterocycles. The Balaban J connectivity index is 2.69. The molecule has 0 radical (unpaired) electrons. The number of aliphatic hydroxyl groups excluding tert-OH is 1. The Hall–Kier alpha value is -1.34. The van der Waals surface area contributed by atoms with Crippen LogP contribution in [0.15, 0.2) is 36.4 Å². The van der Waals surface area contributed by atoms with Gasteiger partial charge in [-0.1, -0.05) is 49.7 Å². The lowest BCUT2D eigenvalue weighted by atomic mass is 9.97. The molecule has 0 spiro atoms. The fraction of sp³-hybridized carbons (Fsp3) is 0.286. The first-order valence-corrected chi connectivity index (χ1v) is 5.47. The van der Waals surface area contributed by atoms with Crippen LogP contribution in [0.2, 0.25) is 0 Å². The van der Waals surface area contributed by atoms with Gasteiger partial charge in [-0.15, -0.1) is 0 Å². The number of rotatable bonds is 3. The summed E-state index contributed by atoms with van der Waals surface area (Å²) in [6, 6.07) is 12.5. The van der Waals surface area contributed by atoms with Gasteiger partial charge < -0.3 is 5.11 Å². The minimum atomic E-state index is 0.123. The second-order valence-corrected chi connectivity index (χ2v) is 3.84. The summed E-state index contributed by atoms with van der Waals surface area (Å²) < 4.78 is 0. The van der Waals surface area contributed by atoms with E-state index in [0.717, 1.165) is 18.4 Å². The summed E-state index contributed by atoms with van der Waals surface area (Å²) in [6.45, 7) is 2.30. The van der Waals surface area contributed by atoms with Crippen molar-refractivity contribution in [3.8, 4) is 0 Å². The van der Waals surface area contributed by atoms with Crippen LogP contribution in [-0.2, 0) is 13.0 Å². The quantitative estimate of drug-likeness (QED) is 0.806. The van der Waals surface area contributed by atoms with Crippen LogP contribution in [0.3, 0.4) is 0 Å². The second-order valence-electron chi connectivity index (χ2n) is 3.84. The molecule has 15 heavy (non-hydrogen) atoms. The number of hydrogen-bond acceptors (Lipinski definition) is 1. The van der Waals surface area contributed by atoms with E-state index in [1.807, 2.05) is 12.1 Å². The number of aliphatic hydroxyl groups is 1. The van der Waals surface area contributed by atoms with E-state index in [-0.39, 0.29) is 6.61 Å². The van der Waals surface area contributed by atoms with Crippen molar-refractivity contribution in [3.63, 3.8) is 0 Å². The molecule has 0 atom stereocenters. The topological polar surface area (TPSA) is 20.2 Å². The van der Waals surface area contributed by atoms with Crippen LogP contribution < -0.4 is 0 Å². The van der Waals surface area contributed by atoms with Crippen LogP contribution in [0.1, 0.15) is 24.5 Å². The van der Waals surface area contributed by atoms with E-state index < -0.39 is 0 Å². The van der Waals surface area contributed by atoms with Crippen LogP contribution in [0.25, 0.3) is 10.8 Å². The fourth-order valence-corrected chi connectivity index (χ4v) is 2.11. The SMILES string of the molecule is CCCc1cccc2cccc(CO)c12. The van der Waals surface area contributed by atoms with Gasteiger partial charge in [-0.05, 0) is 28.3 Å². The van der Waals surface area contributed by atoms with E-state index in [1.54, 1.807) is 0 Å². The highest BCUT2D eigenvalue weighted by Crippen LogP contribution is 2.24. The van der Waals surface area contributed by atoms with Crippen LogP contribution in [0.4, 0.5) is 0 Å². The Kier molecular flexibility index (Phi) is 3.02. The standard InChI is InChI=1S/C14H16O/c1-2-5-11-6-3-7-12-8-4-9-13(10-15)14(11)12/h3-4,6-9,15H,2,5,10H2,1H3. The molecule has 0 bridgehead atoms. The number of hydrogen-bond donors (Lipinski definition) is 1. The van der Waals surface area contributed by atoms with Gasteiger partial charge in [-0.25, -0.2) is 0 Å². The fourth-order valence-electron chi connectivity index (χ4n) is 2.11. The minimum absolute atomic E-state index is 0.123. The molecule has 0 aliphatic heterocycles. The Morgan fingerprint density at radius 1 is 1.00 bits per heavy atom. The van der Waals surface area contributed by atoms with Crippen molar-refractivity contribution in [1.82, 2.24) is 0 Å². The maximum atomic E-state index is 9.33. The first-order chi connectivity index (χ1) is 7.36. The maximum absolute atomic E-state index is 9.33. The minimum Gasteiger partial charge on any atom is -0.392 e. The Morgan fingerprint density at radius 2 is 1.67 bits per heavy atom. The Morgan fingerprint density at radius 3 is 2.27 bits per heavy atom. The molecule has 0 aromatic heterocycles. The van der Waals surface area contributed by atoms with Crippen molar-refractivity contribution in [1.29, 1.82) is 0 Å². The molecule has 2 aromatic rings. The van der Waals surface area contributed by atoms with Gasteiger partial charge >= 0.3 is 0 Å². The van der Waals surface area contributed by atoms with E-state index in [9.17, 15) is 5.11 Å². The third-order valence-corrected chi connectivity index (χ3v) is 2.77. The summed E-state index contributed by atoms with van der Waals surface area (Å²) in [5.74, 6) is 0. The maximum Gasteiger partial charge on any atom is 0.0687 e. The van der Waals surface area contributed by atoms with Gasteiger partial charge in [-0.3, -0.25) is 0 Å². The smallest absolute Gasteiger partial charge is 0.0687 e. The summed E-state index contributed by atoms with van der Waals surface area (Å²) in [5, 5.41) is 11.8. The van der Waals surface area contributed by atoms with E-state index in [0.29, 0.717) is 0 Å². The first kappa shape index (κ1) is 10.2. The molecule has 0 fully saturated rings. The van der Waals surface area contributed by atoms with Crippen LogP contribution in [-0.4, -0.2) is 5.11 Å². The van der Waals surface area contributed by atoms with Crippen LogP contribution in [0, 0.1) is 0 Å². The summed E-state index contributed by atoms with van der Waals surface area (Å²) in [7, 11) is 0. The molecule has 1 heteroatoms. The van der Waals surface area contributed by atoms with Gasteiger partial charge in [0.15, 0.2) is 0 Å². The molecule has 2 rings (SSSR count). The molecular formula is C14H16O. The summed E-state index contributed by atoms with van der Waals surface area (Å²) in [5.41, 5.74) is 2.39. The normalized spacial score (nSPS) is 10.8. The zero-order valence-electron chi connectivity index (χ0n) is 9.03. The highest BCUT2D eigenvalue weighted by Gasteiger charge is 2.04. The van der Waals surface area contributed by atoms with Crippen LogP contribution >= 0.6 is 0 Å². The zero-order valence-corrected chi connectivity index (χ0v) is 9.03. The zero-order chi connectivity index (χ0) is 10.7. The van der Waals surface area contributed by atoms with Gasteiger partial charge in [-0.2, -0.15) is 0 Å². The summed E-state index contributed by atoms with van der Waals surface area (Å²) >= 11 is 0. The highest BCUT2D eigenvalue weighted by atomic mass is 16.3. The van der Waals surface area contributed by atoms with E-state index >= 15 is 0 Å². The van der Waals surface area contributed by atoms with Gasteiger partial charge in [0.05, 0.1) is 6.61 Å². The van der Waals surface area contributed by atoms with E-state index in [4.69, 9.17) is 0 Å². The van der Waals surface area contributed by atoms with Gasteiger partial charge in [0.2, 0.25) is 0 Å². The Labute approximate surface area is 90.4 Å². The van der Waals surface area contributed by atoms with Gasteiger partial charge in [0.1, 0.15) is 0 Å². The largest absolute Gasteiger partial charge is 0.392 e. The molecule has 0 unspecified atom stereocenters. The molecule has 0 aliphatic carbocycles. The third kappa shape index (κ3) is 1.88. The Bertz CT molecular complexity index is 455. The molecule has 0 saturated carbocycles. The van der Waals surface area contributed by atoms with E-state index in [2.05, 4.69) is 31.2 Å². The molecule has 1 nitrogen and oxygen atoms in total. The molecule has 0 saturated heterocycles. The summed E-state index contributed by atoms with van der Waals surface area (Å²) in [6.07, 6.45) is 2.22. The van der Waals surface area contributed by atoms with Gasteiger partial charge in [0, 0.05) is 0 Å². The molecule has 78 valence electrons. The summed E-state index contributed by atoms with van der Waals surface area (Å²) in [4.78, 5) is 0. The lowest BCUT2D eigenvalue weighted by Gasteiger charge is -2.09. The average Bonchev–Trinajstić information content (AvgIpc) is 2.29. The van der Waals surface area contributed by atoms with Crippen molar-refractivity contribution in [2.24, 2.45) is 0 Å². The van der Waals surface area contributed by atoms with Crippen LogP contribution in [0.5, 0.6) is 0 Å². The molecule has 0 amide bonds. The lowest BCUT2D eigenvalue weighted by Crippen LogP contribution is -1.91. The van der Waals surface area contributed by atoms with Crippen molar-refractivity contribution in [2.75, 3.05) is 0 Å². The third-order valence-electron chi connectivity index (χ3n) is 2.77. The van der Waals surface area contributed by atoms with Gasteiger partial charge in [0.25, 0.3) is 0 Å². The first-order valence-electron chi connectivity index (χ1n) is 5.47. The number of aryl methyl sites for hydroxylation is 1. The predicted octanol–water partition coefficient (Wildman–Crippen LogP) is 3.28. The molecule has 0 aliphatic rings.